The SMILES string of the molecule is CC.CC1=C(/C(C(=O)NOCCO)=C(/Nc2ccc(C)cc2F)N(C)C=O)CCC1. The third kappa shape index (κ3) is 6.67. The molecule has 0 radical (unpaired) electrons. The summed E-state index contributed by atoms with van der Waals surface area (Å²) in [7, 11) is 1.48. The van der Waals surface area contributed by atoms with Crippen LogP contribution >= 0.6 is 0 Å². The fraction of sp³-hybridized carbons (Fsp3) is 0.455. The Kier molecular flexibility index (Phi) is 10.8. The highest BCUT2D eigenvalue weighted by molar-refractivity contribution is 5.99. The topological polar surface area (TPSA) is 90.9 Å². The zero-order chi connectivity index (χ0) is 22.7. The second-order valence-corrected chi connectivity index (χ2v) is 6.66. The van der Waals surface area contributed by atoms with E-state index in [0.29, 0.717) is 12.8 Å². The molecule has 7 nitrogen and oxygen atoms in total. The van der Waals surface area contributed by atoms with Crippen LogP contribution in [0.4, 0.5) is 10.1 Å². The van der Waals surface area contributed by atoms with E-state index in [-0.39, 0.29) is 30.3 Å². The van der Waals surface area contributed by atoms with Gasteiger partial charge in [0.25, 0.3) is 5.91 Å². The van der Waals surface area contributed by atoms with E-state index < -0.39 is 11.7 Å². The number of amides is 2. The minimum absolute atomic E-state index is 0.0735. The number of carbonyl (C=O) groups excluding carboxylic acids is 2. The van der Waals surface area contributed by atoms with Crippen molar-refractivity contribution in [2.75, 3.05) is 25.6 Å². The number of hydrogen-bond donors (Lipinski definition) is 3. The molecular formula is C22H32FN3O4. The maximum Gasteiger partial charge on any atom is 0.278 e. The molecule has 1 aliphatic rings. The third-order valence-electron chi connectivity index (χ3n) is 4.51. The molecule has 0 atom stereocenters. The minimum Gasteiger partial charge on any atom is -0.394 e. The first kappa shape index (κ1) is 25.3. The van der Waals surface area contributed by atoms with Gasteiger partial charge in [-0.05, 0) is 56.4 Å². The van der Waals surface area contributed by atoms with Crippen LogP contribution in [0.5, 0.6) is 0 Å². The van der Waals surface area contributed by atoms with Gasteiger partial charge in [0.1, 0.15) is 11.6 Å². The Hall–Kier alpha value is -2.71. The van der Waals surface area contributed by atoms with Crippen molar-refractivity contribution in [3.8, 4) is 0 Å². The van der Waals surface area contributed by atoms with Crippen LogP contribution in [0, 0.1) is 12.7 Å². The molecule has 2 rings (SSSR count). The molecular weight excluding hydrogens is 389 g/mol. The van der Waals surface area contributed by atoms with Crippen molar-refractivity contribution >= 4 is 18.0 Å². The Labute approximate surface area is 177 Å². The summed E-state index contributed by atoms with van der Waals surface area (Å²) in [6.45, 7) is 7.37. The number of halogens is 1. The monoisotopic (exact) mass is 421 g/mol. The molecule has 0 aliphatic heterocycles. The summed E-state index contributed by atoms with van der Waals surface area (Å²) in [5.74, 6) is -0.919. The summed E-state index contributed by atoms with van der Waals surface area (Å²) in [5.41, 5.74) is 5.20. The summed E-state index contributed by atoms with van der Waals surface area (Å²) in [4.78, 5) is 30.5. The largest absolute Gasteiger partial charge is 0.394 e. The van der Waals surface area contributed by atoms with Crippen molar-refractivity contribution in [1.82, 2.24) is 10.4 Å². The lowest BCUT2D eigenvalue weighted by Crippen LogP contribution is -2.33. The van der Waals surface area contributed by atoms with Crippen LogP contribution in [0.2, 0.25) is 0 Å². The molecule has 8 heteroatoms. The number of aryl methyl sites for hydroxylation is 1. The van der Waals surface area contributed by atoms with Gasteiger partial charge < -0.3 is 15.3 Å². The van der Waals surface area contributed by atoms with E-state index >= 15 is 0 Å². The number of nitrogens with one attached hydrogen (secondary N) is 2. The lowest BCUT2D eigenvalue weighted by Gasteiger charge is -2.23. The molecule has 0 saturated carbocycles. The predicted molar refractivity (Wildman–Crippen MR) is 115 cm³/mol. The smallest absolute Gasteiger partial charge is 0.278 e. The van der Waals surface area contributed by atoms with Gasteiger partial charge in [0.15, 0.2) is 0 Å². The minimum atomic E-state index is -0.576. The van der Waals surface area contributed by atoms with E-state index in [0.717, 1.165) is 29.6 Å². The summed E-state index contributed by atoms with van der Waals surface area (Å²) in [6.07, 6.45) is 2.91. The van der Waals surface area contributed by atoms with Gasteiger partial charge in [-0.3, -0.25) is 14.4 Å². The molecule has 0 spiro atoms. The number of benzene rings is 1. The maximum atomic E-state index is 14.4. The number of aliphatic hydroxyl groups is 1. The molecule has 0 bridgehead atoms. The first-order valence-corrected chi connectivity index (χ1v) is 10.1. The van der Waals surface area contributed by atoms with E-state index in [4.69, 9.17) is 9.94 Å². The molecule has 1 aliphatic carbocycles. The fourth-order valence-corrected chi connectivity index (χ4v) is 3.06. The van der Waals surface area contributed by atoms with Crippen LogP contribution in [0.3, 0.4) is 0 Å². The zero-order valence-electron chi connectivity index (χ0n) is 18.3. The van der Waals surface area contributed by atoms with E-state index in [9.17, 15) is 14.0 Å². The van der Waals surface area contributed by atoms with Crippen molar-refractivity contribution < 1.29 is 23.9 Å². The number of hydrogen-bond acceptors (Lipinski definition) is 5. The molecule has 1 aromatic carbocycles. The third-order valence-corrected chi connectivity index (χ3v) is 4.51. The van der Waals surface area contributed by atoms with Gasteiger partial charge in [-0.25, -0.2) is 9.87 Å². The molecule has 166 valence electrons. The van der Waals surface area contributed by atoms with Gasteiger partial charge >= 0.3 is 0 Å². The normalized spacial score (nSPS) is 13.8. The fourth-order valence-electron chi connectivity index (χ4n) is 3.06. The predicted octanol–water partition coefficient (Wildman–Crippen LogP) is 3.41. The van der Waals surface area contributed by atoms with E-state index in [1.165, 1.54) is 18.0 Å². The maximum absolute atomic E-state index is 14.4. The van der Waals surface area contributed by atoms with Gasteiger partial charge in [-0.15, -0.1) is 0 Å². The number of rotatable bonds is 9. The first-order valence-electron chi connectivity index (χ1n) is 10.1. The van der Waals surface area contributed by atoms with Crippen molar-refractivity contribution in [2.24, 2.45) is 0 Å². The van der Waals surface area contributed by atoms with Gasteiger partial charge in [-0.1, -0.05) is 25.5 Å². The zero-order valence-corrected chi connectivity index (χ0v) is 18.3. The van der Waals surface area contributed by atoms with Gasteiger partial charge in [0.05, 0.1) is 24.5 Å². The molecule has 0 aromatic heterocycles. The molecule has 30 heavy (non-hydrogen) atoms. The molecule has 0 fully saturated rings. The number of aliphatic hydroxyl groups excluding tert-OH is 1. The van der Waals surface area contributed by atoms with E-state index in [1.807, 2.05) is 20.8 Å². The van der Waals surface area contributed by atoms with Crippen molar-refractivity contribution in [3.05, 3.63) is 52.1 Å². The molecule has 0 saturated heterocycles. The van der Waals surface area contributed by atoms with E-state index in [2.05, 4.69) is 10.8 Å². The number of hydroxylamine groups is 1. The molecule has 2 amide bonds. The van der Waals surface area contributed by atoms with Crippen LogP contribution in [-0.4, -0.2) is 42.6 Å². The van der Waals surface area contributed by atoms with Crippen LogP contribution < -0.4 is 10.8 Å². The van der Waals surface area contributed by atoms with Gasteiger partial charge in [0.2, 0.25) is 6.41 Å². The average Bonchev–Trinajstić information content (AvgIpc) is 3.15. The number of carbonyl (C=O) groups is 2. The summed E-state index contributed by atoms with van der Waals surface area (Å²) in [6, 6.07) is 4.65. The Morgan fingerprint density at radius 3 is 2.53 bits per heavy atom. The highest BCUT2D eigenvalue weighted by Crippen LogP contribution is 2.33. The average molecular weight is 422 g/mol. The highest BCUT2D eigenvalue weighted by atomic mass is 19.1. The number of allylic oxidation sites excluding steroid dienone is 1. The van der Waals surface area contributed by atoms with Crippen LogP contribution in [0.1, 0.15) is 45.6 Å². The Balaban J connectivity index is 0.00000218. The molecule has 0 unspecified atom stereocenters. The Morgan fingerprint density at radius 1 is 1.30 bits per heavy atom. The molecule has 0 heterocycles. The van der Waals surface area contributed by atoms with Crippen molar-refractivity contribution in [1.29, 1.82) is 0 Å². The van der Waals surface area contributed by atoms with Crippen LogP contribution in [-0.2, 0) is 14.4 Å². The van der Waals surface area contributed by atoms with Crippen molar-refractivity contribution in [3.63, 3.8) is 0 Å². The van der Waals surface area contributed by atoms with Crippen molar-refractivity contribution in [2.45, 2.75) is 47.0 Å². The summed E-state index contributed by atoms with van der Waals surface area (Å²) >= 11 is 0. The molecule has 3 N–H and O–H groups in total. The number of anilines is 1. The Bertz CT molecular complexity index is 806. The van der Waals surface area contributed by atoms with E-state index in [1.54, 1.807) is 19.1 Å². The van der Waals surface area contributed by atoms with Gasteiger partial charge in [-0.2, -0.15) is 0 Å². The highest BCUT2D eigenvalue weighted by Gasteiger charge is 2.27. The summed E-state index contributed by atoms with van der Waals surface area (Å²) in [5, 5.41) is 11.7. The summed E-state index contributed by atoms with van der Waals surface area (Å²) < 4.78 is 14.4. The van der Waals surface area contributed by atoms with Crippen LogP contribution in [0.25, 0.3) is 0 Å². The molecule has 1 aromatic rings. The van der Waals surface area contributed by atoms with Gasteiger partial charge in [0, 0.05) is 7.05 Å². The quantitative estimate of drug-likeness (QED) is 0.246. The number of nitrogens with zero attached hydrogens (tertiary/aromatic N) is 1. The second-order valence-electron chi connectivity index (χ2n) is 6.66. The lowest BCUT2D eigenvalue weighted by atomic mass is 10.0. The Morgan fingerprint density at radius 2 is 2.00 bits per heavy atom. The van der Waals surface area contributed by atoms with Crippen LogP contribution in [0.15, 0.2) is 40.7 Å². The standard InChI is InChI=1S/C20H26FN3O4.C2H6/c1-13-7-8-17(16(21)11-13)22-19(24(3)12-26)18(15-6-4-5-14(15)2)20(27)23-28-10-9-25;1-2/h7-8,11-12,22,25H,4-6,9-10H2,1-3H3,(H,23,27);1-2H3/b19-18+;. The second kappa shape index (κ2) is 12.8. The first-order chi connectivity index (χ1) is 14.4. The lowest BCUT2D eigenvalue weighted by molar-refractivity contribution is -0.130.